The number of aliphatic hydroxyl groups excluding tert-OH is 1. The van der Waals surface area contributed by atoms with Crippen LogP contribution in [0, 0.1) is 17.1 Å². The van der Waals surface area contributed by atoms with E-state index in [4.69, 9.17) is 5.26 Å². The molecular weight excluding hydrogens is 243 g/mol. The van der Waals surface area contributed by atoms with Gasteiger partial charge in [0.2, 0.25) is 0 Å². The molecule has 0 radical (unpaired) electrons. The first-order valence-corrected chi connectivity index (χ1v) is 6.73. The second-order valence-electron chi connectivity index (χ2n) is 5.27. The Morgan fingerprint density at radius 1 is 1.32 bits per heavy atom. The normalized spacial score (nSPS) is 17.9. The van der Waals surface area contributed by atoms with Gasteiger partial charge in [-0.2, -0.15) is 5.26 Å². The van der Waals surface area contributed by atoms with Crippen LogP contribution in [0.25, 0.3) is 0 Å². The van der Waals surface area contributed by atoms with Crippen molar-refractivity contribution in [2.45, 2.75) is 44.2 Å². The fourth-order valence-corrected chi connectivity index (χ4v) is 2.66. The van der Waals surface area contributed by atoms with Crippen molar-refractivity contribution in [1.82, 2.24) is 5.32 Å². The van der Waals surface area contributed by atoms with Gasteiger partial charge in [0.25, 0.3) is 0 Å². The topological polar surface area (TPSA) is 56.0 Å². The molecule has 1 saturated carbocycles. The Hall–Kier alpha value is -1.44. The molecule has 2 N–H and O–H groups in total. The summed E-state index contributed by atoms with van der Waals surface area (Å²) in [7, 11) is 0. The van der Waals surface area contributed by atoms with Gasteiger partial charge in [-0.05, 0) is 25.0 Å². The minimum absolute atomic E-state index is 0.0882. The Kier molecular flexibility index (Phi) is 4.52. The minimum atomic E-state index is -0.365. The van der Waals surface area contributed by atoms with Crippen LogP contribution in [0.2, 0.25) is 0 Å². The lowest BCUT2D eigenvalue weighted by molar-refractivity contribution is 0.119. The third kappa shape index (κ3) is 3.31. The third-order valence-electron chi connectivity index (χ3n) is 3.95. The zero-order chi connectivity index (χ0) is 13.7. The first-order valence-electron chi connectivity index (χ1n) is 6.73. The molecule has 102 valence electrons. The van der Waals surface area contributed by atoms with Gasteiger partial charge in [0.05, 0.1) is 18.2 Å². The van der Waals surface area contributed by atoms with Crippen LogP contribution in [0.4, 0.5) is 4.39 Å². The molecule has 1 aliphatic carbocycles. The summed E-state index contributed by atoms with van der Waals surface area (Å²) in [5.74, 6) is -0.365. The Bertz CT molecular complexity index is 476. The molecule has 1 fully saturated rings. The number of nitrogens with zero attached hydrogens (tertiary/aromatic N) is 1. The Morgan fingerprint density at radius 3 is 2.63 bits per heavy atom. The van der Waals surface area contributed by atoms with E-state index in [1.807, 2.05) is 6.07 Å². The lowest BCUT2D eigenvalue weighted by Gasteiger charge is -2.36. The lowest BCUT2D eigenvalue weighted by Crippen LogP contribution is -2.49. The van der Waals surface area contributed by atoms with Crippen molar-refractivity contribution < 1.29 is 9.50 Å². The van der Waals surface area contributed by atoms with E-state index in [1.54, 1.807) is 12.1 Å². The highest BCUT2D eigenvalue weighted by atomic mass is 19.1. The van der Waals surface area contributed by atoms with Crippen molar-refractivity contribution in [2.75, 3.05) is 6.61 Å². The van der Waals surface area contributed by atoms with Crippen molar-refractivity contribution in [3.63, 3.8) is 0 Å². The van der Waals surface area contributed by atoms with Gasteiger partial charge >= 0.3 is 0 Å². The van der Waals surface area contributed by atoms with Gasteiger partial charge in [-0.3, -0.25) is 0 Å². The largest absolute Gasteiger partial charge is 0.394 e. The maximum Gasteiger partial charge on any atom is 0.129 e. The Balaban J connectivity index is 2.03. The fourth-order valence-electron chi connectivity index (χ4n) is 2.66. The molecule has 0 spiro atoms. The van der Waals surface area contributed by atoms with Gasteiger partial charge in [-0.15, -0.1) is 0 Å². The second-order valence-corrected chi connectivity index (χ2v) is 5.27. The second kappa shape index (κ2) is 6.14. The van der Waals surface area contributed by atoms with Crippen molar-refractivity contribution in [3.05, 3.63) is 35.1 Å². The van der Waals surface area contributed by atoms with Crippen LogP contribution < -0.4 is 5.32 Å². The van der Waals surface area contributed by atoms with Crippen molar-refractivity contribution >= 4 is 0 Å². The van der Waals surface area contributed by atoms with Crippen molar-refractivity contribution in [2.24, 2.45) is 0 Å². The highest BCUT2D eigenvalue weighted by Gasteiger charge is 2.30. The molecule has 0 aromatic heterocycles. The highest BCUT2D eigenvalue weighted by molar-refractivity contribution is 5.32. The van der Waals surface area contributed by atoms with Crippen LogP contribution in [0.15, 0.2) is 18.2 Å². The highest BCUT2D eigenvalue weighted by Crippen LogP contribution is 2.28. The van der Waals surface area contributed by atoms with Crippen LogP contribution in [-0.2, 0) is 6.54 Å². The van der Waals surface area contributed by atoms with Crippen LogP contribution >= 0.6 is 0 Å². The molecule has 19 heavy (non-hydrogen) atoms. The maximum absolute atomic E-state index is 13.8. The number of hydrogen-bond donors (Lipinski definition) is 2. The number of halogens is 1. The quantitative estimate of drug-likeness (QED) is 0.876. The van der Waals surface area contributed by atoms with Crippen LogP contribution in [0.3, 0.4) is 0 Å². The van der Waals surface area contributed by atoms with Crippen LogP contribution in [0.1, 0.15) is 43.2 Å². The summed E-state index contributed by atoms with van der Waals surface area (Å²) in [5, 5.41) is 21.6. The average molecular weight is 262 g/mol. The number of nitriles is 1. The summed E-state index contributed by atoms with van der Waals surface area (Å²) in [4.78, 5) is 0. The summed E-state index contributed by atoms with van der Waals surface area (Å²) in [6.45, 7) is 0.475. The third-order valence-corrected chi connectivity index (χ3v) is 3.95. The zero-order valence-corrected chi connectivity index (χ0v) is 11.0. The van der Waals surface area contributed by atoms with E-state index in [2.05, 4.69) is 5.32 Å². The van der Waals surface area contributed by atoms with Crippen LogP contribution in [-0.4, -0.2) is 17.3 Å². The van der Waals surface area contributed by atoms with Gasteiger partial charge in [0, 0.05) is 17.6 Å². The number of rotatable bonds is 4. The number of benzene rings is 1. The molecule has 3 nitrogen and oxygen atoms in total. The molecule has 0 amide bonds. The monoisotopic (exact) mass is 262 g/mol. The smallest absolute Gasteiger partial charge is 0.129 e. The van der Waals surface area contributed by atoms with Gasteiger partial charge in [-0.1, -0.05) is 25.3 Å². The van der Waals surface area contributed by atoms with Gasteiger partial charge in [0.15, 0.2) is 0 Å². The summed E-state index contributed by atoms with van der Waals surface area (Å²) in [6.07, 6.45) is 5.27. The summed E-state index contributed by atoms with van der Waals surface area (Å²) < 4.78 is 13.8. The SMILES string of the molecule is N#Cc1ccc(CNC2(CO)CCCCC2)c(F)c1. The molecule has 2 rings (SSSR count). The number of aliphatic hydroxyl groups is 1. The van der Waals surface area contributed by atoms with Gasteiger partial charge in [-0.25, -0.2) is 4.39 Å². The van der Waals surface area contributed by atoms with Gasteiger partial charge < -0.3 is 10.4 Å². The predicted octanol–water partition coefficient (Wildman–Crippen LogP) is 2.48. The van der Waals surface area contributed by atoms with E-state index in [1.165, 1.54) is 12.5 Å². The van der Waals surface area contributed by atoms with Crippen LogP contribution in [0.5, 0.6) is 0 Å². The standard InChI is InChI=1S/C15H19FN2O/c16-14-8-12(9-17)4-5-13(14)10-18-15(11-19)6-2-1-3-7-15/h4-5,8,18-19H,1-3,6-7,10-11H2. The molecule has 4 heteroatoms. The van der Waals surface area contributed by atoms with Gasteiger partial charge in [0.1, 0.15) is 5.82 Å². The zero-order valence-electron chi connectivity index (χ0n) is 11.0. The lowest BCUT2D eigenvalue weighted by atomic mass is 9.82. The molecule has 0 aliphatic heterocycles. The molecular formula is C15H19FN2O. The predicted molar refractivity (Wildman–Crippen MR) is 70.9 cm³/mol. The first kappa shape index (κ1) is 14.0. The van der Waals surface area contributed by atoms with E-state index >= 15 is 0 Å². The molecule has 1 aromatic rings. The molecule has 0 bridgehead atoms. The van der Waals surface area contributed by atoms with Crippen molar-refractivity contribution in [1.29, 1.82) is 5.26 Å². The van der Waals surface area contributed by atoms with E-state index in [9.17, 15) is 9.50 Å². The fraction of sp³-hybridized carbons (Fsp3) is 0.533. The summed E-state index contributed by atoms with van der Waals surface area (Å²) >= 11 is 0. The number of hydrogen-bond acceptors (Lipinski definition) is 3. The van der Waals surface area contributed by atoms with E-state index < -0.39 is 0 Å². The molecule has 0 unspecified atom stereocenters. The Labute approximate surface area is 113 Å². The van der Waals surface area contributed by atoms with Crippen molar-refractivity contribution in [3.8, 4) is 6.07 Å². The summed E-state index contributed by atoms with van der Waals surface area (Å²) in [6, 6.07) is 6.42. The van der Waals surface area contributed by atoms with E-state index in [0.717, 1.165) is 25.7 Å². The number of nitrogens with one attached hydrogen (secondary N) is 1. The van der Waals surface area contributed by atoms with E-state index in [0.29, 0.717) is 17.7 Å². The minimum Gasteiger partial charge on any atom is -0.394 e. The maximum atomic E-state index is 13.8. The van der Waals surface area contributed by atoms with E-state index in [-0.39, 0.29) is 18.0 Å². The summed E-state index contributed by atoms with van der Waals surface area (Å²) in [5.41, 5.74) is 0.603. The molecule has 0 atom stereocenters. The molecule has 1 aliphatic rings. The molecule has 1 aromatic carbocycles. The average Bonchev–Trinajstić information content (AvgIpc) is 2.47. The molecule has 0 heterocycles. The Morgan fingerprint density at radius 2 is 2.05 bits per heavy atom. The molecule has 0 saturated heterocycles. The first-order chi connectivity index (χ1) is 9.19.